The minimum absolute atomic E-state index is 0.552. The molecule has 0 spiro atoms. The van der Waals surface area contributed by atoms with Crippen molar-refractivity contribution in [3.8, 4) is 0 Å². The fraction of sp³-hybridized carbons (Fsp3) is 1.00. The Morgan fingerprint density at radius 1 is 1.16 bits per heavy atom. The van der Waals surface area contributed by atoms with E-state index in [-0.39, 0.29) is 0 Å². The zero-order valence-corrected chi connectivity index (χ0v) is 13.3. The Kier molecular flexibility index (Phi) is 5.70. The smallest absolute Gasteiger partial charge is 0.00817 e. The van der Waals surface area contributed by atoms with Crippen LogP contribution in [0.15, 0.2) is 0 Å². The third-order valence-electron chi connectivity index (χ3n) is 5.03. The van der Waals surface area contributed by atoms with E-state index in [9.17, 15) is 0 Å². The molecular weight excluding hydrogens is 232 g/mol. The van der Waals surface area contributed by atoms with Crippen molar-refractivity contribution in [1.29, 1.82) is 0 Å². The molecule has 1 saturated heterocycles. The number of hydrogen-bond donors (Lipinski definition) is 2. The standard InChI is InChI=1S/C17H34N2/c1-14(12-15-8-5-4-6-11-18-15)19-16-9-7-10-17(2,3)13-16/h14-16,18-19H,4-13H2,1-3H3. The zero-order valence-electron chi connectivity index (χ0n) is 13.3. The van der Waals surface area contributed by atoms with Gasteiger partial charge in [0.25, 0.3) is 0 Å². The molecule has 0 bridgehead atoms. The summed E-state index contributed by atoms with van der Waals surface area (Å²) in [5, 5.41) is 7.63. The van der Waals surface area contributed by atoms with E-state index in [0.717, 1.165) is 12.1 Å². The van der Waals surface area contributed by atoms with Gasteiger partial charge in [-0.2, -0.15) is 0 Å². The van der Waals surface area contributed by atoms with Crippen molar-refractivity contribution in [3.05, 3.63) is 0 Å². The van der Waals surface area contributed by atoms with Crippen LogP contribution >= 0.6 is 0 Å². The quantitative estimate of drug-likeness (QED) is 0.807. The van der Waals surface area contributed by atoms with Crippen LogP contribution in [0.25, 0.3) is 0 Å². The monoisotopic (exact) mass is 266 g/mol. The van der Waals surface area contributed by atoms with Crippen molar-refractivity contribution in [2.24, 2.45) is 5.41 Å². The van der Waals surface area contributed by atoms with E-state index in [1.807, 2.05) is 0 Å². The molecule has 0 amide bonds. The predicted molar refractivity (Wildman–Crippen MR) is 83.5 cm³/mol. The fourth-order valence-electron chi connectivity index (χ4n) is 4.04. The van der Waals surface area contributed by atoms with E-state index in [1.54, 1.807) is 0 Å². The normalized spacial score (nSPS) is 33.6. The van der Waals surface area contributed by atoms with Crippen molar-refractivity contribution in [3.63, 3.8) is 0 Å². The Morgan fingerprint density at radius 2 is 2.00 bits per heavy atom. The summed E-state index contributed by atoms with van der Waals surface area (Å²) in [6.45, 7) is 8.47. The molecule has 2 heteroatoms. The number of hydrogen-bond acceptors (Lipinski definition) is 2. The van der Waals surface area contributed by atoms with Crippen LogP contribution in [0.2, 0.25) is 0 Å². The van der Waals surface area contributed by atoms with Gasteiger partial charge in [-0.25, -0.2) is 0 Å². The molecule has 3 atom stereocenters. The highest BCUT2D eigenvalue weighted by Gasteiger charge is 2.28. The van der Waals surface area contributed by atoms with Gasteiger partial charge in [0.1, 0.15) is 0 Å². The average Bonchev–Trinajstić information content (AvgIpc) is 2.56. The maximum Gasteiger partial charge on any atom is 0.00817 e. The van der Waals surface area contributed by atoms with Crippen LogP contribution in [0.1, 0.15) is 78.6 Å². The highest BCUT2D eigenvalue weighted by Crippen LogP contribution is 2.35. The molecule has 0 aromatic carbocycles. The highest BCUT2D eigenvalue weighted by atomic mass is 15.0. The molecule has 0 aromatic heterocycles. The number of rotatable bonds is 4. The Labute approximate surface area is 120 Å². The largest absolute Gasteiger partial charge is 0.314 e. The van der Waals surface area contributed by atoms with Gasteiger partial charge in [0, 0.05) is 18.1 Å². The molecule has 2 fully saturated rings. The topological polar surface area (TPSA) is 24.1 Å². The Bertz CT molecular complexity index is 254. The van der Waals surface area contributed by atoms with Gasteiger partial charge in [-0.05, 0) is 57.4 Å². The first-order valence-corrected chi connectivity index (χ1v) is 8.55. The SMILES string of the molecule is CC(CC1CCCCCN1)NC1CCCC(C)(C)C1. The van der Waals surface area contributed by atoms with Crippen LogP contribution in [0, 0.1) is 5.41 Å². The lowest BCUT2D eigenvalue weighted by atomic mass is 9.75. The molecule has 1 saturated carbocycles. The minimum Gasteiger partial charge on any atom is -0.314 e. The van der Waals surface area contributed by atoms with Crippen LogP contribution in [-0.4, -0.2) is 24.7 Å². The second kappa shape index (κ2) is 7.08. The van der Waals surface area contributed by atoms with Crippen molar-refractivity contribution < 1.29 is 0 Å². The molecule has 2 nitrogen and oxygen atoms in total. The fourth-order valence-corrected chi connectivity index (χ4v) is 4.04. The van der Waals surface area contributed by atoms with E-state index in [1.165, 1.54) is 64.3 Å². The van der Waals surface area contributed by atoms with Crippen molar-refractivity contribution >= 4 is 0 Å². The summed E-state index contributed by atoms with van der Waals surface area (Å²) >= 11 is 0. The van der Waals surface area contributed by atoms with Gasteiger partial charge in [0.15, 0.2) is 0 Å². The number of nitrogens with one attached hydrogen (secondary N) is 2. The Hall–Kier alpha value is -0.0800. The molecule has 1 aliphatic carbocycles. The lowest BCUT2D eigenvalue weighted by Gasteiger charge is -2.37. The van der Waals surface area contributed by atoms with E-state index in [2.05, 4.69) is 31.4 Å². The molecule has 2 N–H and O–H groups in total. The molecule has 2 aliphatic rings. The van der Waals surface area contributed by atoms with Crippen molar-refractivity contribution in [2.75, 3.05) is 6.54 Å². The van der Waals surface area contributed by atoms with Crippen LogP contribution in [0.5, 0.6) is 0 Å². The second-order valence-electron chi connectivity index (χ2n) is 7.76. The first-order valence-electron chi connectivity index (χ1n) is 8.55. The third-order valence-corrected chi connectivity index (χ3v) is 5.03. The summed E-state index contributed by atoms with van der Waals surface area (Å²) in [6.07, 6.45) is 12.4. The molecule has 2 rings (SSSR count). The summed E-state index contributed by atoms with van der Waals surface area (Å²) in [6, 6.07) is 2.17. The van der Waals surface area contributed by atoms with Crippen LogP contribution in [0.3, 0.4) is 0 Å². The van der Waals surface area contributed by atoms with Gasteiger partial charge in [0.05, 0.1) is 0 Å². The van der Waals surface area contributed by atoms with Gasteiger partial charge in [0.2, 0.25) is 0 Å². The van der Waals surface area contributed by atoms with Crippen molar-refractivity contribution in [2.45, 2.75) is 96.7 Å². The van der Waals surface area contributed by atoms with E-state index >= 15 is 0 Å². The molecule has 3 unspecified atom stereocenters. The van der Waals surface area contributed by atoms with Gasteiger partial charge in [-0.3, -0.25) is 0 Å². The third kappa shape index (κ3) is 5.43. The zero-order chi connectivity index (χ0) is 13.7. The average molecular weight is 266 g/mol. The molecule has 1 aliphatic heterocycles. The summed E-state index contributed by atoms with van der Waals surface area (Å²) in [5.41, 5.74) is 0.552. The van der Waals surface area contributed by atoms with Gasteiger partial charge < -0.3 is 10.6 Å². The maximum absolute atomic E-state index is 3.90. The van der Waals surface area contributed by atoms with Gasteiger partial charge in [-0.15, -0.1) is 0 Å². The second-order valence-corrected chi connectivity index (χ2v) is 7.76. The lowest BCUT2D eigenvalue weighted by Crippen LogP contribution is -2.44. The van der Waals surface area contributed by atoms with Crippen LogP contribution < -0.4 is 10.6 Å². The first-order chi connectivity index (χ1) is 9.05. The molecule has 112 valence electrons. The summed E-state index contributed by atoms with van der Waals surface area (Å²) in [5.74, 6) is 0. The molecular formula is C17H34N2. The Balaban J connectivity index is 1.72. The summed E-state index contributed by atoms with van der Waals surface area (Å²) < 4.78 is 0. The van der Waals surface area contributed by atoms with E-state index in [4.69, 9.17) is 0 Å². The van der Waals surface area contributed by atoms with Gasteiger partial charge >= 0.3 is 0 Å². The molecule has 0 radical (unpaired) electrons. The summed E-state index contributed by atoms with van der Waals surface area (Å²) in [4.78, 5) is 0. The summed E-state index contributed by atoms with van der Waals surface area (Å²) in [7, 11) is 0. The molecule has 1 heterocycles. The maximum atomic E-state index is 3.90. The lowest BCUT2D eigenvalue weighted by molar-refractivity contribution is 0.187. The first kappa shape index (κ1) is 15.3. The van der Waals surface area contributed by atoms with Gasteiger partial charge in [-0.1, -0.05) is 33.1 Å². The predicted octanol–water partition coefficient (Wildman–Crippen LogP) is 3.86. The Morgan fingerprint density at radius 3 is 2.79 bits per heavy atom. The van der Waals surface area contributed by atoms with E-state index in [0.29, 0.717) is 11.5 Å². The molecule has 19 heavy (non-hydrogen) atoms. The molecule has 0 aromatic rings. The minimum atomic E-state index is 0.552. The highest BCUT2D eigenvalue weighted by molar-refractivity contribution is 4.86. The van der Waals surface area contributed by atoms with Crippen LogP contribution in [-0.2, 0) is 0 Å². The van der Waals surface area contributed by atoms with Crippen molar-refractivity contribution in [1.82, 2.24) is 10.6 Å². The van der Waals surface area contributed by atoms with Crippen LogP contribution in [0.4, 0.5) is 0 Å². The van der Waals surface area contributed by atoms with E-state index < -0.39 is 0 Å².